The molecule has 3 amide bonds. The number of amides is 3. The summed E-state index contributed by atoms with van der Waals surface area (Å²) in [6.07, 6.45) is 3.25. The molecule has 0 aliphatic carbocycles. The van der Waals surface area contributed by atoms with Crippen LogP contribution in [-0.4, -0.2) is 34.2 Å². The normalized spacial score (nSPS) is 14.6. The Kier molecular flexibility index (Phi) is 6.01. The molecular weight excluding hydrogens is 362 g/mol. The third-order valence-electron chi connectivity index (χ3n) is 4.46. The molecule has 2 aromatic rings. The standard InChI is InChI=1S/C20H23N3O3S/c1-13(2)12-16(18-21-9-11-27-18)22-17(24)8-5-10-23-19(25)14-6-3-4-7-15(14)20(23)26/h3-4,6-7,9,11,13,16H,5,8,10,12H2,1-2H3,(H,22,24). The Labute approximate surface area is 162 Å². The van der Waals surface area contributed by atoms with E-state index >= 15 is 0 Å². The van der Waals surface area contributed by atoms with Crippen molar-refractivity contribution in [1.29, 1.82) is 0 Å². The summed E-state index contributed by atoms with van der Waals surface area (Å²) < 4.78 is 0. The highest BCUT2D eigenvalue weighted by molar-refractivity contribution is 7.09. The number of imide groups is 1. The maximum absolute atomic E-state index is 12.4. The van der Waals surface area contributed by atoms with Gasteiger partial charge >= 0.3 is 0 Å². The fourth-order valence-electron chi connectivity index (χ4n) is 3.21. The zero-order chi connectivity index (χ0) is 19.4. The zero-order valence-corrected chi connectivity index (χ0v) is 16.3. The van der Waals surface area contributed by atoms with Crippen LogP contribution in [0.4, 0.5) is 0 Å². The van der Waals surface area contributed by atoms with E-state index in [2.05, 4.69) is 24.1 Å². The third-order valence-corrected chi connectivity index (χ3v) is 5.34. The molecule has 1 atom stereocenters. The smallest absolute Gasteiger partial charge is 0.261 e. The average Bonchev–Trinajstić information content (AvgIpc) is 3.25. The highest BCUT2D eigenvalue weighted by Crippen LogP contribution is 2.24. The zero-order valence-electron chi connectivity index (χ0n) is 15.5. The number of rotatable bonds is 8. The molecule has 0 saturated carbocycles. The van der Waals surface area contributed by atoms with Crippen LogP contribution >= 0.6 is 11.3 Å². The molecule has 142 valence electrons. The van der Waals surface area contributed by atoms with Gasteiger partial charge in [-0.1, -0.05) is 26.0 Å². The fourth-order valence-corrected chi connectivity index (χ4v) is 3.91. The third kappa shape index (κ3) is 4.42. The van der Waals surface area contributed by atoms with E-state index in [1.165, 1.54) is 16.2 Å². The maximum atomic E-state index is 12.4. The highest BCUT2D eigenvalue weighted by Gasteiger charge is 2.34. The van der Waals surface area contributed by atoms with E-state index in [1.54, 1.807) is 30.5 Å². The van der Waals surface area contributed by atoms with Crippen molar-refractivity contribution in [2.24, 2.45) is 5.92 Å². The first-order chi connectivity index (χ1) is 13.0. The van der Waals surface area contributed by atoms with Crippen LogP contribution in [0.3, 0.4) is 0 Å². The fraction of sp³-hybridized carbons (Fsp3) is 0.400. The van der Waals surface area contributed by atoms with Crippen molar-refractivity contribution in [2.75, 3.05) is 6.54 Å². The van der Waals surface area contributed by atoms with Gasteiger partial charge in [-0.3, -0.25) is 19.3 Å². The summed E-state index contributed by atoms with van der Waals surface area (Å²) in [6, 6.07) is 6.71. The van der Waals surface area contributed by atoms with Gasteiger partial charge in [-0.2, -0.15) is 0 Å². The number of benzene rings is 1. The lowest BCUT2D eigenvalue weighted by Crippen LogP contribution is -2.33. The van der Waals surface area contributed by atoms with Crippen LogP contribution < -0.4 is 5.32 Å². The Balaban J connectivity index is 1.52. The molecule has 0 saturated heterocycles. The van der Waals surface area contributed by atoms with Crippen molar-refractivity contribution < 1.29 is 14.4 Å². The number of hydrogen-bond acceptors (Lipinski definition) is 5. The van der Waals surface area contributed by atoms with Gasteiger partial charge in [0.25, 0.3) is 11.8 Å². The van der Waals surface area contributed by atoms with Gasteiger partial charge in [0, 0.05) is 24.5 Å². The lowest BCUT2D eigenvalue weighted by atomic mass is 10.0. The molecule has 3 rings (SSSR count). The molecule has 0 spiro atoms. The molecule has 0 radical (unpaired) electrons. The molecular formula is C20H23N3O3S. The molecule has 2 heterocycles. The van der Waals surface area contributed by atoms with Gasteiger partial charge in [0.15, 0.2) is 0 Å². The first-order valence-corrected chi connectivity index (χ1v) is 9.99. The number of nitrogens with zero attached hydrogens (tertiary/aromatic N) is 2. The van der Waals surface area contributed by atoms with Crippen LogP contribution in [0.5, 0.6) is 0 Å². The van der Waals surface area contributed by atoms with E-state index in [-0.39, 0.29) is 36.7 Å². The average molecular weight is 385 g/mol. The van der Waals surface area contributed by atoms with Gasteiger partial charge in [0.2, 0.25) is 5.91 Å². The first kappa shape index (κ1) is 19.2. The number of carbonyl (C=O) groups excluding carboxylic acids is 3. The Hall–Kier alpha value is -2.54. The van der Waals surface area contributed by atoms with Crippen molar-refractivity contribution in [2.45, 2.75) is 39.2 Å². The van der Waals surface area contributed by atoms with Gasteiger partial charge in [-0.25, -0.2) is 4.98 Å². The van der Waals surface area contributed by atoms with Crippen LogP contribution in [0.15, 0.2) is 35.8 Å². The molecule has 0 bridgehead atoms. The summed E-state index contributed by atoms with van der Waals surface area (Å²) in [5.41, 5.74) is 0.875. The van der Waals surface area contributed by atoms with Gasteiger partial charge in [-0.15, -0.1) is 11.3 Å². The quantitative estimate of drug-likeness (QED) is 0.706. The van der Waals surface area contributed by atoms with Crippen LogP contribution in [0.2, 0.25) is 0 Å². The van der Waals surface area contributed by atoms with E-state index in [0.717, 1.165) is 11.4 Å². The van der Waals surface area contributed by atoms with Crippen molar-refractivity contribution in [3.63, 3.8) is 0 Å². The molecule has 27 heavy (non-hydrogen) atoms. The summed E-state index contributed by atoms with van der Waals surface area (Å²) in [4.78, 5) is 42.6. The predicted molar refractivity (Wildman–Crippen MR) is 103 cm³/mol. The Bertz CT molecular complexity index is 798. The second-order valence-electron chi connectivity index (χ2n) is 7.03. The number of thiazole rings is 1. The highest BCUT2D eigenvalue weighted by atomic mass is 32.1. The maximum Gasteiger partial charge on any atom is 0.261 e. The van der Waals surface area contributed by atoms with E-state index in [9.17, 15) is 14.4 Å². The van der Waals surface area contributed by atoms with Crippen LogP contribution in [0, 0.1) is 5.92 Å². The number of carbonyl (C=O) groups is 3. The molecule has 1 unspecified atom stereocenters. The monoisotopic (exact) mass is 385 g/mol. The molecule has 1 N–H and O–H groups in total. The van der Waals surface area contributed by atoms with E-state index in [0.29, 0.717) is 23.5 Å². The first-order valence-electron chi connectivity index (χ1n) is 9.11. The Morgan fingerprint density at radius 1 is 1.19 bits per heavy atom. The lowest BCUT2D eigenvalue weighted by molar-refractivity contribution is -0.122. The lowest BCUT2D eigenvalue weighted by Gasteiger charge is -2.19. The molecule has 1 aliphatic rings. The summed E-state index contributed by atoms with van der Waals surface area (Å²) in [5.74, 6) is -0.224. The Morgan fingerprint density at radius 2 is 1.85 bits per heavy atom. The van der Waals surface area contributed by atoms with Crippen LogP contribution in [0.1, 0.15) is 64.9 Å². The summed E-state index contributed by atoms with van der Waals surface area (Å²) in [5, 5.41) is 5.84. The number of aromatic nitrogens is 1. The largest absolute Gasteiger partial charge is 0.347 e. The van der Waals surface area contributed by atoms with Gasteiger partial charge < -0.3 is 5.32 Å². The number of fused-ring (bicyclic) bond motifs is 1. The van der Waals surface area contributed by atoms with Gasteiger partial charge in [0.05, 0.1) is 17.2 Å². The number of nitrogens with one attached hydrogen (secondary N) is 1. The molecule has 1 aromatic carbocycles. The van der Waals surface area contributed by atoms with Crippen molar-refractivity contribution >= 4 is 29.1 Å². The molecule has 0 fully saturated rings. The molecule has 7 heteroatoms. The number of hydrogen-bond donors (Lipinski definition) is 1. The van der Waals surface area contributed by atoms with Crippen LogP contribution in [-0.2, 0) is 4.79 Å². The summed E-state index contributed by atoms with van der Waals surface area (Å²) in [6.45, 7) is 4.45. The molecule has 6 nitrogen and oxygen atoms in total. The van der Waals surface area contributed by atoms with Crippen molar-refractivity contribution in [1.82, 2.24) is 15.2 Å². The second-order valence-corrected chi connectivity index (χ2v) is 7.96. The van der Waals surface area contributed by atoms with Crippen molar-refractivity contribution in [3.05, 3.63) is 52.0 Å². The van der Waals surface area contributed by atoms with E-state index in [1.807, 2.05) is 5.38 Å². The predicted octanol–water partition coefficient (Wildman–Crippen LogP) is 3.42. The van der Waals surface area contributed by atoms with Gasteiger partial charge in [-0.05, 0) is 30.9 Å². The molecule has 1 aliphatic heterocycles. The van der Waals surface area contributed by atoms with Crippen molar-refractivity contribution in [3.8, 4) is 0 Å². The summed E-state index contributed by atoms with van der Waals surface area (Å²) in [7, 11) is 0. The van der Waals surface area contributed by atoms with Gasteiger partial charge in [0.1, 0.15) is 5.01 Å². The SMILES string of the molecule is CC(C)CC(NC(=O)CCCN1C(=O)c2ccccc2C1=O)c1nccs1. The second kappa shape index (κ2) is 8.43. The Morgan fingerprint density at radius 3 is 2.41 bits per heavy atom. The minimum Gasteiger partial charge on any atom is -0.347 e. The summed E-state index contributed by atoms with van der Waals surface area (Å²) >= 11 is 1.53. The topological polar surface area (TPSA) is 79.4 Å². The minimum atomic E-state index is -0.281. The van der Waals surface area contributed by atoms with E-state index < -0.39 is 0 Å². The van der Waals surface area contributed by atoms with Crippen LogP contribution in [0.25, 0.3) is 0 Å². The molecule has 1 aromatic heterocycles. The van der Waals surface area contributed by atoms with E-state index in [4.69, 9.17) is 0 Å². The minimum absolute atomic E-state index is 0.0903.